The summed E-state index contributed by atoms with van der Waals surface area (Å²) in [5.41, 5.74) is 0.803. The van der Waals surface area contributed by atoms with Crippen LogP contribution in [0.4, 0.5) is 0 Å². The smallest absolute Gasteiger partial charge is 0.244 e. The Labute approximate surface area is 105 Å². The Balaban J connectivity index is 2.64. The van der Waals surface area contributed by atoms with Crippen molar-refractivity contribution in [1.29, 1.82) is 0 Å². The molecule has 0 heterocycles. The van der Waals surface area contributed by atoms with Gasteiger partial charge in [0.05, 0.1) is 0 Å². The van der Waals surface area contributed by atoms with Crippen molar-refractivity contribution in [3.05, 3.63) is 40.4 Å². The van der Waals surface area contributed by atoms with Crippen LogP contribution in [-0.2, 0) is 4.79 Å². The van der Waals surface area contributed by atoms with Crippen LogP contribution in [0.2, 0.25) is 0 Å². The molecule has 0 spiro atoms. The van der Waals surface area contributed by atoms with E-state index in [4.69, 9.17) is 0 Å². The minimum absolute atomic E-state index is 0.0764. The fourth-order valence-corrected chi connectivity index (χ4v) is 1.61. The van der Waals surface area contributed by atoms with Gasteiger partial charge in [0.1, 0.15) is 0 Å². The van der Waals surface area contributed by atoms with Gasteiger partial charge in [-0.3, -0.25) is 4.79 Å². The van der Waals surface area contributed by atoms with E-state index >= 15 is 0 Å². The zero-order valence-electron chi connectivity index (χ0n) is 9.75. The standard InChI is InChI=1S/C13H16BrNO/c1-13(2,3)15-12(16)8-7-10-5-4-6-11(14)9-10/h4-9H,1-3H3,(H,15,16)/b8-7-. The van der Waals surface area contributed by atoms with E-state index in [0.717, 1.165) is 10.0 Å². The van der Waals surface area contributed by atoms with Crippen LogP contribution < -0.4 is 5.32 Å². The molecule has 0 saturated heterocycles. The number of hydrogen-bond donors (Lipinski definition) is 1. The second kappa shape index (κ2) is 5.30. The first-order valence-corrected chi connectivity index (χ1v) is 5.92. The van der Waals surface area contributed by atoms with Crippen molar-refractivity contribution in [2.24, 2.45) is 0 Å². The minimum atomic E-state index is -0.196. The summed E-state index contributed by atoms with van der Waals surface area (Å²) in [6.45, 7) is 5.87. The van der Waals surface area contributed by atoms with Crippen LogP contribution in [0.3, 0.4) is 0 Å². The molecule has 0 bridgehead atoms. The fraction of sp³-hybridized carbons (Fsp3) is 0.308. The van der Waals surface area contributed by atoms with Crippen molar-refractivity contribution >= 4 is 27.9 Å². The normalized spacial score (nSPS) is 11.8. The summed E-state index contributed by atoms with van der Waals surface area (Å²) in [6, 6.07) is 7.80. The van der Waals surface area contributed by atoms with Gasteiger partial charge < -0.3 is 5.32 Å². The van der Waals surface area contributed by atoms with E-state index in [9.17, 15) is 4.79 Å². The largest absolute Gasteiger partial charge is 0.348 e. The molecular weight excluding hydrogens is 266 g/mol. The first-order valence-electron chi connectivity index (χ1n) is 5.13. The summed E-state index contributed by atoms with van der Waals surface area (Å²) in [5, 5.41) is 2.87. The number of hydrogen-bond acceptors (Lipinski definition) is 1. The molecule has 1 rings (SSSR count). The highest BCUT2D eigenvalue weighted by atomic mass is 79.9. The monoisotopic (exact) mass is 281 g/mol. The van der Waals surface area contributed by atoms with E-state index in [1.54, 1.807) is 12.2 Å². The van der Waals surface area contributed by atoms with E-state index in [2.05, 4.69) is 21.2 Å². The summed E-state index contributed by atoms with van der Waals surface area (Å²) in [4.78, 5) is 11.5. The molecule has 1 N–H and O–H groups in total. The molecule has 0 aromatic heterocycles. The van der Waals surface area contributed by atoms with E-state index < -0.39 is 0 Å². The lowest BCUT2D eigenvalue weighted by atomic mass is 10.1. The molecule has 0 radical (unpaired) electrons. The van der Waals surface area contributed by atoms with Crippen molar-refractivity contribution in [1.82, 2.24) is 5.32 Å². The predicted molar refractivity (Wildman–Crippen MR) is 71.1 cm³/mol. The number of halogens is 1. The van der Waals surface area contributed by atoms with Crippen LogP contribution in [-0.4, -0.2) is 11.4 Å². The fourth-order valence-electron chi connectivity index (χ4n) is 1.19. The lowest BCUT2D eigenvalue weighted by Crippen LogP contribution is -2.39. The number of carbonyl (C=O) groups excluding carboxylic acids is 1. The third-order valence-corrected chi connectivity index (χ3v) is 2.27. The Bertz CT molecular complexity index is 405. The Morgan fingerprint density at radius 1 is 1.38 bits per heavy atom. The van der Waals surface area contributed by atoms with E-state index in [0.29, 0.717) is 0 Å². The average Bonchev–Trinajstić information content (AvgIpc) is 2.12. The maximum Gasteiger partial charge on any atom is 0.244 e. The number of benzene rings is 1. The first-order chi connectivity index (χ1) is 7.37. The predicted octanol–water partition coefficient (Wildman–Crippen LogP) is 3.38. The van der Waals surface area contributed by atoms with E-state index in [-0.39, 0.29) is 11.4 Å². The van der Waals surface area contributed by atoms with Crippen LogP contribution >= 0.6 is 15.9 Å². The summed E-state index contributed by atoms with van der Waals surface area (Å²) >= 11 is 3.38. The van der Waals surface area contributed by atoms with Gasteiger partial charge in [0.15, 0.2) is 0 Å². The third-order valence-electron chi connectivity index (χ3n) is 1.77. The van der Waals surface area contributed by atoms with Gasteiger partial charge in [-0.1, -0.05) is 28.1 Å². The number of amides is 1. The molecular formula is C13H16BrNO. The van der Waals surface area contributed by atoms with Gasteiger partial charge in [0, 0.05) is 16.1 Å². The molecule has 0 saturated carbocycles. The summed E-state index contributed by atoms with van der Waals surface area (Å²) < 4.78 is 1.01. The highest BCUT2D eigenvalue weighted by molar-refractivity contribution is 9.10. The summed E-state index contributed by atoms with van der Waals surface area (Å²) in [5.74, 6) is -0.0764. The zero-order chi connectivity index (χ0) is 12.2. The topological polar surface area (TPSA) is 29.1 Å². The SMILES string of the molecule is CC(C)(C)NC(=O)/C=C\c1cccc(Br)c1. The van der Waals surface area contributed by atoms with Crippen molar-refractivity contribution in [2.75, 3.05) is 0 Å². The average molecular weight is 282 g/mol. The van der Waals surface area contributed by atoms with Gasteiger partial charge in [-0.15, -0.1) is 0 Å². The Morgan fingerprint density at radius 2 is 2.06 bits per heavy atom. The highest BCUT2D eigenvalue weighted by Crippen LogP contribution is 2.12. The molecule has 1 aromatic rings. The molecule has 0 aliphatic heterocycles. The molecule has 1 amide bonds. The Kier molecular flexibility index (Phi) is 4.30. The molecule has 86 valence electrons. The van der Waals surface area contributed by atoms with Crippen molar-refractivity contribution < 1.29 is 4.79 Å². The Morgan fingerprint density at radius 3 is 2.62 bits per heavy atom. The van der Waals surface area contributed by atoms with Crippen LogP contribution in [0.25, 0.3) is 6.08 Å². The van der Waals surface area contributed by atoms with Crippen molar-refractivity contribution in [3.8, 4) is 0 Å². The molecule has 0 fully saturated rings. The van der Waals surface area contributed by atoms with Crippen LogP contribution in [0.5, 0.6) is 0 Å². The lowest BCUT2D eigenvalue weighted by Gasteiger charge is -2.18. The molecule has 2 nitrogen and oxygen atoms in total. The van der Waals surface area contributed by atoms with Gasteiger partial charge in [-0.05, 0) is 44.5 Å². The van der Waals surface area contributed by atoms with Crippen molar-refractivity contribution in [3.63, 3.8) is 0 Å². The van der Waals surface area contributed by atoms with Crippen LogP contribution in [0, 0.1) is 0 Å². The van der Waals surface area contributed by atoms with Gasteiger partial charge >= 0.3 is 0 Å². The molecule has 0 aliphatic carbocycles. The molecule has 0 atom stereocenters. The van der Waals surface area contributed by atoms with Crippen molar-refractivity contribution in [2.45, 2.75) is 26.3 Å². The van der Waals surface area contributed by atoms with Gasteiger partial charge in [-0.2, -0.15) is 0 Å². The number of rotatable bonds is 2. The number of nitrogens with one attached hydrogen (secondary N) is 1. The van der Waals surface area contributed by atoms with Crippen LogP contribution in [0.15, 0.2) is 34.8 Å². The molecule has 1 aromatic carbocycles. The highest BCUT2D eigenvalue weighted by Gasteiger charge is 2.10. The summed E-state index contributed by atoms with van der Waals surface area (Å²) in [6.07, 6.45) is 3.35. The molecule has 0 aliphatic rings. The molecule has 16 heavy (non-hydrogen) atoms. The Hall–Kier alpha value is -1.09. The quantitative estimate of drug-likeness (QED) is 0.828. The van der Waals surface area contributed by atoms with Crippen LogP contribution in [0.1, 0.15) is 26.3 Å². The second-order valence-electron chi connectivity index (χ2n) is 4.63. The van der Waals surface area contributed by atoms with Gasteiger partial charge in [0.2, 0.25) is 5.91 Å². The zero-order valence-corrected chi connectivity index (χ0v) is 11.3. The van der Waals surface area contributed by atoms with Gasteiger partial charge in [-0.25, -0.2) is 0 Å². The minimum Gasteiger partial charge on any atom is -0.348 e. The summed E-state index contributed by atoms with van der Waals surface area (Å²) in [7, 11) is 0. The van der Waals surface area contributed by atoms with E-state index in [1.807, 2.05) is 45.0 Å². The lowest BCUT2D eigenvalue weighted by molar-refractivity contribution is -0.117. The molecule has 3 heteroatoms. The maximum absolute atomic E-state index is 11.5. The third kappa shape index (κ3) is 5.12. The first kappa shape index (κ1) is 13.0. The second-order valence-corrected chi connectivity index (χ2v) is 5.54. The number of carbonyl (C=O) groups is 1. The van der Waals surface area contributed by atoms with Gasteiger partial charge in [0.25, 0.3) is 0 Å². The van der Waals surface area contributed by atoms with E-state index in [1.165, 1.54) is 0 Å². The molecule has 0 unspecified atom stereocenters. The maximum atomic E-state index is 11.5.